The van der Waals surface area contributed by atoms with E-state index in [2.05, 4.69) is 65.7 Å². The summed E-state index contributed by atoms with van der Waals surface area (Å²) in [7, 11) is 0. The number of hydrogen-bond acceptors (Lipinski definition) is 2. The molecule has 2 aliphatic rings. The zero-order chi connectivity index (χ0) is 18.0. The van der Waals surface area contributed by atoms with Gasteiger partial charge in [-0.1, -0.05) is 60.7 Å². The van der Waals surface area contributed by atoms with Crippen LogP contribution in [0.4, 0.5) is 0 Å². The second kappa shape index (κ2) is 7.24. The standard InChI is InChI=1S/C23H28N2O/c1-18(20-10-6-3-7-11-20)25(17-19-8-4-2-5-9-19)22(26)21-16-23(21)12-14-24-15-13-23/h2-11,18,21,24H,12-17H2,1H3. The number of nitrogens with zero attached hydrogens (tertiary/aromatic N) is 1. The highest BCUT2D eigenvalue weighted by Gasteiger charge is 2.58. The summed E-state index contributed by atoms with van der Waals surface area (Å²) in [6.45, 7) is 4.95. The zero-order valence-electron chi connectivity index (χ0n) is 15.5. The van der Waals surface area contributed by atoms with E-state index in [0.717, 1.165) is 32.4 Å². The van der Waals surface area contributed by atoms with Gasteiger partial charge in [0, 0.05) is 12.5 Å². The first-order valence-electron chi connectivity index (χ1n) is 9.80. The van der Waals surface area contributed by atoms with Crippen molar-refractivity contribution in [2.45, 2.75) is 38.8 Å². The van der Waals surface area contributed by atoms with Gasteiger partial charge in [0.25, 0.3) is 0 Å². The summed E-state index contributed by atoms with van der Waals surface area (Å²) in [5.74, 6) is 0.548. The summed E-state index contributed by atoms with van der Waals surface area (Å²) < 4.78 is 0. The third-order valence-electron chi connectivity index (χ3n) is 6.32. The predicted molar refractivity (Wildman–Crippen MR) is 104 cm³/mol. The Morgan fingerprint density at radius 1 is 1.08 bits per heavy atom. The van der Waals surface area contributed by atoms with E-state index < -0.39 is 0 Å². The highest BCUT2D eigenvalue weighted by Crippen LogP contribution is 2.59. The number of piperidine rings is 1. The summed E-state index contributed by atoms with van der Waals surface area (Å²) in [6.07, 6.45) is 3.35. The van der Waals surface area contributed by atoms with Crippen molar-refractivity contribution < 1.29 is 4.79 Å². The molecule has 136 valence electrons. The van der Waals surface area contributed by atoms with Crippen LogP contribution < -0.4 is 5.32 Å². The van der Waals surface area contributed by atoms with Crippen LogP contribution in [-0.2, 0) is 11.3 Å². The molecule has 0 radical (unpaired) electrons. The number of carbonyl (C=O) groups is 1. The maximum absolute atomic E-state index is 13.5. The first kappa shape index (κ1) is 17.3. The van der Waals surface area contributed by atoms with Gasteiger partial charge in [-0.05, 0) is 55.8 Å². The largest absolute Gasteiger partial charge is 0.331 e. The van der Waals surface area contributed by atoms with Gasteiger partial charge >= 0.3 is 0 Å². The second-order valence-electron chi connectivity index (χ2n) is 7.91. The van der Waals surface area contributed by atoms with Crippen LogP contribution in [-0.4, -0.2) is 23.9 Å². The molecule has 0 bridgehead atoms. The number of rotatable bonds is 5. The molecule has 1 aliphatic heterocycles. The average Bonchev–Trinajstić information content (AvgIpc) is 3.40. The Balaban J connectivity index is 1.57. The lowest BCUT2D eigenvalue weighted by Crippen LogP contribution is -2.37. The molecule has 1 saturated heterocycles. The fraction of sp³-hybridized carbons (Fsp3) is 0.435. The fourth-order valence-electron chi connectivity index (χ4n) is 4.47. The molecule has 2 atom stereocenters. The summed E-state index contributed by atoms with van der Waals surface area (Å²) in [5, 5.41) is 3.43. The van der Waals surface area contributed by atoms with Crippen LogP contribution in [0, 0.1) is 11.3 Å². The third kappa shape index (κ3) is 3.41. The van der Waals surface area contributed by atoms with Crippen LogP contribution in [0.2, 0.25) is 0 Å². The first-order chi connectivity index (χ1) is 12.7. The molecule has 4 rings (SSSR count). The van der Waals surface area contributed by atoms with Gasteiger partial charge in [0.2, 0.25) is 5.91 Å². The van der Waals surface area contributed by atoms with E-state index in [0.29, 0.717) is 12.5 Å². The van der Waals surface area contributed by atoms with Crippen molar-refractivity contribution in [1.29, 1.82) is 0 Å². The van der Waals surface area contributed by atoms with Gasteiger partial charge in [-0.3, -0.25) is 4.79 Å². The maximum Gasteiger partial charge on any atom is 0.227 e. The molecule has 1 N–H and O–H groups in total. The lowest BCUT2D eigenvalue weighted by atomic mass is 9.91. The van der Waals surface area contributed by atoms with Crippen LogP contribution in [0.3, 0.4) is 0 Å². The van der Waals surface area contributed by atoms with Crippen molar-refractivity contribution in [3.63, 3.8) is 0 Å². The Hall–Kier alpha value is -2.13. The Kier molecular flexibility index (Phi) is 4.82. The maximum atomic E-state index is 13.5. The van der Waals surface area contributed by atoms with E-state index >= 15 is 0 Å². The van der Waals surface area contributed by atoms with Gasteiger partial charge in [-0.15, -0.1) is 0 Å². The number of carbonyl (C=O) groups excluding carboxylic acids is 1. The fourth-order valence-corrected chi connectivity index (χ4v) is 4.47. The zero-order valence-corrected chi connectivity index (χ0v) is 15.5. The molecule has 2 fully saturated rings. The van der Waals surface area contributed by atoms with E-state index in [1.54, 1.807) is 0 Å². The smallest absolute Gasteiger partial charge is 0.227 e. The Bertz CT molecular complexity index is 737. The Morgan fingerprint density at radius 3 is 2.35 bits per heavy atom. The number of amides is 1. The average molecular weight is 348 g/mol. The van der Waals surface area contributed by atoms with Crippen molar-refractivity contribution in [2.75, 3.05) is 13.1 Å². The van der Waals surface area contributed by atoms with Gasteiger partial charge in [-0.2, -0.15) is 0 Å². The van der Waals surface area contributed by atoms with Gasteiger partial charge < -0.3 is 10.2 Å². The van der Waals surface area contributed by atoms with Crippen LogP contribution >= 0.6 is 0 Å². The number of hydrogen-bond donors (Lipinski definition) is 1. The quantitative estimate of drug-likeness (QED) is 0.880. The predicted octanol–water partition coefficient (Wildman–Crippen LogP) is 4.17. The lowest BCUT2D eigenvalue weighted by Gasteiger charge is -2.32. The molecule has 2 aromatic rings. The van der Waals surface area contributed by atoms with E-state index in [1.165, 1.54) is 11.1 Å². The molecular weight excluding hydrogens is 320 g/mol. The van der Waals surface area contributed by atoms with Crippen LogP contribution in [0.25, 0.3) is 0 Å². The van der Waals surface area contributed by atoms with Crippen molar-refractivity contribution in [3.05, 3.63) is 71.8 Å². The Labute approximate surface area is 156 Å². The minimum Gasteiger partial charge on any atom is -0.331 e. The van der Waals surface area contributed by atoms with Crippen LogP contribution in [0.15, 0.2) is 60.7 Å². The van der Waals surface area contributed by atoms with Gasteiger partial charge in [-0.25, -0.2) is 0 Å². The molecule has 1 amide bonds. The minimum atomic E-state index is 0.0864. The summed E-state index contributed by atoms with van der Waals surface area (Å²) >= 11 is 0. The normalized spacial score (nSPS) is 22.0. The number of benzene rings is 2. The van der Waals surface area contributed by atoms with Crippen molar-refractivity contribution >= 4 is 5.91 Å². The van der Waals surface area contributed by atoms with E-state index in [1.807, 2.05) is 12.1 Å². The topological polar surface area (TPSA) is 32.3 Å². The number of nitrogens with one attached hydrogen (secondary N) is 1. The van der Waals surface area contributed by atoms with Crippen molar-refractivity contribution in [3.8, 4) is 0 Å². The molecule has 26 heavy (non-hydrogen) atoms. The van der Waals surface area contributed by atoms with Crippen LogP contribution in [0.5, 0.6) is 0 Å². The second-order valence-corrected chi connectivity index (χ2v) is 7.91. The monoisotopic (exact) mass is 348 g/mol. The highest BCUT2D eigenvalue weighted by molar-refractivity contribution is 5.83. The molecule has 2 aromatic carbocycles. The Morgan fingerprint density at radius 2 is 1.69 bits per heavy atom. The molecular formula is C23H28N2O. The van der Waals surface area contributed by atoms with E-state index in [4.69, 9.17) is 0 Å². The molecule has 1 heterocycles. The molecule has 1 aliphatic carbocycles. The highest BCUT2D eigenvalue weighted by atomic mass is 16.2. The molecule has 3 nitrogen and oxygen atoms in total. The molecule has 1 saturated carbocycles. The first-order valence-corrected chi connectivity index (χ1v) is 9.80. The summed E-state index contributed by atoms with van der Waals surface area (Å²) in [4.78, 5) is 15.6. The third-order valence-corrected chi connectivity index (χ3v) is 6.32. The summed E-state index contributed by atoms with van der Waals surface area (Å²) in [6, 6.07) is 20.9. The van der Waals surface area contributed by atoms with Gasteiger partial charge in [0.05, 0.1) is 6.04 Å². The lowest BCUT2D eigenvalue weighted by molar-refractivity contribution is -0.136. The van der Waals surface area contributed by atoms with Crippen molar-refractivity contribution in [1.82, 2.24) is 10.2 Å². The molecule has 1 spiro atoms. The molecule has 2 unspecified atom stereocenters. The van der Waals surface area contributed by atoms with E-state index in [9.17, 15) is 4.79 Å². The van der Waals surface area contributed by atoms with E-state index in [-0.39, 0.29) is 17.4 Å². The van der Waals surface area contributed by atoms with Gasteiger partial charge in [0.1, 0.15) is 0 Å². The van der Waals surface area contributed by atoms with Crippen LogP contribution in [0.1, 0.15) is 43.4 Å². The SMILES string of the molecule is CC(c1ccccc1)N(Cc1ccccc1)C(=O)C1CC12CCNCC2. The van der Waals surface area contributed by atoms with Crippen molar-refractivity contribution in [2.24, 2.45) is 11.3 Å². The minimum absolute atomic E-state index is 0.0864. The molecule has 3 heteroatoms. The van der Waals surface area contributed by atoms with Gasteiger partial charge in [0.15, 0.2) is 0 Å². The summed E-state index contributed by atoms with van der Waals surface area (Å²) in [5.41, 5.74) is 2.67. The molecule has 0 aromatic heterocycles.